The molecule has 1 heterocycles. The quantitative estimate of drug-likeness (QED) is 0.589. The van der Waals surface area contributed by atoms with E-state index in [0.29, 0.717) is 0 Å². The van der Waals surface area contributed by atoms with Crippen LogP contribution in [0.15, 0.2) is 52.3 Å². The molecule has 1 aliphatic rings. The molecule has 6 nitrogen and oxygen atoms in total. The van der Waals surface area contributed by atoms with Crippen LogP contribution in [0.3, 0.4) is 0 Å². The number of esters is 1. The van der Waals surface area contributed by atoms with Crippen LogP contribution in [-0.4, -0.2) is 40.1 Å². The first kappa shape index (κ1) is 20.1. The van der Waals surface area contributed by atoms with Gasteiger partial charge in [0, 0.05) is 17.0 Å². The molecule has 0 saturated carbocycles. The number of hydrogen-bond donors (Lipinski definition) is 1. The Kier molecular flexibility index (Phi) is 5.53. The van der Waals surface area contributed by atoms with Crippen LogP contribution in [0.2, 0.25) is 0 Å². The number of nitrogens with zero attached hydrogens (tertiary/aromatic N) is 1. The number of benzene rings is 1. The fourth-order valence-corrected chi connectivity index (χ4v) is 3.18. The number of hydrogen-bond acceptors (Lipinski definition) is 4. The molecule has 1 aromatic rings. The van der Waals surface area contributed by atoms with Gasteiger partial charge in [0.05, 0.1) is 12.7 Å². The Hall–Kier alpha value is -2.25. The lowest BCUT2D eigenvalue weighted by Crippen LogP contribution is -2.59. The Labute approximate surface area is 160 Å². The molecular formula is C19H21BrNO5+. The average molecular weight is 423 g/mol. The summed E-state index contributed by atoms with van der Waals surface area (Å²) in [7, 11) is 1.18. The maximum absolute atomic E-state index is 12.7. The second kappa shape index (κ2) is 7.17. The summed E-state index contributed by atoms with van der Waals surface area (Å²) in [6.45, 7) is 5.07. The van der Waals surface area contributed by atoms with Crippen LogP contribution < -0.4 is 0 Å². The molecule has 138 valence electrons. The highest BCUT2D eigenvalue weighted by Gasteiger charge is 2.56. The van der Waals surface area contributed by atoms with E-state index < -0.39 is 22.1 Å². The maximum atomic E-state index is 12.7. The molecule has 2 rings (SSSR count). The topological polar surface area (TPSA) is 80.7 Å². The average Bonchev–Trinajstić information content (AvgIpc) is 2.98. The molecule has 1 N–H and O–H groups in total. The van der Waals surface area contributed by atoms with Gasteiger partial charge >= 0.3 is 12.1 Å². The van der Waals surface area contributed by atoms with Crippen LogP contribution in [-0.2, 0) is 20.7 Å². The van der Waals surface area contributed by atoms with E-state index in [1.165, 1.54) is 19.4 Å². The van der Waals surface area contributed by atoms with Crippen molar-refractivity contribution in [2.45, 2.75) is 32.7 Å². The lowest BCUT2D eigenvalue weighted by atomic mass is 10.0. The molecule has 1 atom stereocenters. The van der Waals surface area contributed by atoms with Crippen LogP contribution in [0.5, 0.6) is 0 Å². The van der Waals surface area contributed by atoms with Crippen LogP contribution >= 0.6 is 15.9 Å². The van der Waals surface area contributed by atoms with Crippen LogP contribution in [0.1, 0.15) is 26.3 Å². The number of allylic oxidation sites excluding steroid dienone is 2. The molecule has 0 bridgehead atoms. The molecule has 1 aliphatic heterocycles. The number of quaternary nitrogens is 1. The van der Waals surface area contributed by atoms with Crippen molar-refractivity contribution >= 4 is 33.8 Å². The predicted molar refractivity (Wildman–Crippen MR) is 99.1 cm³/mol. The molecule has 0 saturated heterocycles. The van der Waals surface area contributed by atoms with Crippen molar-refractivity contribution in [1.82, 2.24) is 0 Å². The van der Waals surface area contributed by atoms with Gasteiger partial charge in [-0.1, -0.05) is 28.1 Å². The van der Waals surface area contributed by atoms with Crippen LogP contribution in [0.25, 0.3) is 0 Å². The zero-order chi connectivity index (χ0) is 19.7. The van der Waals surface area contributed by atoms with Crippen molar-refractivity contribution in [1.29, 1.82) is 0 Å². The summed E-state index contributed by atoms with van der Waals surface area (Å²) in [6.07, 6.45) is 1.51. The highest BCUT2D eigenvalue weighted by molar-refractivity contribution is 9.10. The summed E-state index contributed by atoms with van der Waals surface area (Å²) in [6, 6.07) is 7.28. The Morgan fingerprint density at radius 3 is 2.19 bits per heavy atom. The van der Waals surface area contributed by atoms with Crippen molar-refractivity contribution in [2.24, 2.45) is 0 Å². The van der Waals surface area contributed by atoms with E-state index in [1.807, 2.05) is 24.3 Å². The summed E-state index contributed by atoms with van der Waals surface area (Å²) in [5.41, 5.74) is -0.00797. The second-order valence-corrected chi connectivity index (χ2v) is 7.92. The third-order valence-electron chi connectivity index (χ3n) is 4.36. The minimum absolute atomic E-state index is 0.0911. The minimum atomic E-state index is -1.25. The zero-order valence-corrected chi connectivity index (χ0v) is 16.7. The third-order valence-corrected chi connectivity index (χ3v) is 4.89. The van der Waals surface area contributed by atoms with Crippen LogP contribution in [0.4, 0.5) is 4.79 Å². The number of carbonyl (C=O) groups is 3. The van der Waals surface area contributed by atoms with Crippen molar-refractivity contribution in [3.63, 3.8) is 0 Å². The molecule has 0 fully saturated rings. The molecule has 1 unspecified atom stereocenters. The number of carboxylic acid groups (broad SMARTS) is 1. The molecular weight excluding hydrogens is 402 g/mol. The Bertz CT molecular complexity index is 817. The number of methoxy groups -OCH3 is 1. The van der Waals surface area contributed by atoms with E-state index in [-0.39, 0.29) is 23.5 Å². The fourth-order valence-electron chi connectivity index (χ4n) is 2.91. The minimum Gasteiger partial charge on any atom is -0.462 e. The first-order chi connectivity index (χ1) is 12.0. The molecule has 0 aliphatic carbocycles. The SMILES string of the molecule is COC(=O)C1=CC(C(=O)Cc2ccc(Br)cc2)=C[N+]1(C(=O)O)C(C)(C)C. The van der Waals surface area contributed by atoms with E-state index in [0.717, 1.165) is 10.0 Å². The highest BCUT2D eigenvalue weighted by Crippen LogP contribution is 2.39. The number of Topliss-reactive ketones (excluding diaryl/α,β-unsaturated/α-hetero) is 1. The van der Waals surface area contributed by atoms with Gasteiger partial charge in [-0.25, -0.2) is 4.79 Å². The number of halogens is 1. The van der Waals surface area contributed by atoms with E-state index in [1.54, 1.807) is 20.8 Å². The Balaban J connectivity index is 2.47. The van der Waals surface area contributed by atoms with Crippen molar-refractivity contribution in [2.75, 3.05) is 7.11 Å². The number of ketones is 1. The number of rotatable bonds is 4. The zero-order valence-electron chi connectivity index (χ0n) is 15.1. The molecule has 26 heavy (non-hydrogen) atoms. The molecule has 0 spiro atoms. The Morgan fingerprint density at radius 1 is 1.15 bits per heavy atom. The van der Waals surface area contributed by atoms with Gasteiger partial charge in [0.1, 0.15) is 11.7 Å². The summed E-state index contributed by atoms with van der Waals surface area (Å²) in [4.78, 5) is 37.1. The lowest BCUT2D eigenvalue weighted by Gasteiger charge is -2.38. The van der Waals surface area contributed by atoms with Gasteiger partial charge in [-0.05, 0) is 38.5 Å². The summed E-state index contributed by atoms with van der Waals surface area (Å²) in [5.74, 6) is -1.04. The van der Waals surface area contributed by atoms with Crippen molar-refractivity contribution < 1.29 is 28.7 Å². The predicted octanol–water partition coefficient (Wildman–Crippen LogP) is 3.81. The van der Waals surface area contributed by atoms with Gasteiger partial charge in [-0.15, -0.1) is 0 Å². The number of amides is 1. The lowest BCUT2D eigenvalue weighted by molar-refractivity contribution is -0.812. The highest BCUT2D eigenvalue weighted by atomic mass is 79.9. The number of ether oxygens (including phenoxy) is 1. The maximum Gasteiger partial charge on any atom is 0.524 e. The van der Waals surface area contributed by atoms with Gasteiger partial charge in [0.2, 0.25) is 5.70 Å². The fraction of sp³-hybridized carbons (Fsp3) is 0.316. The van der Waals surface area contributed by atoms with Gasteiger partial charge in [0.25, 0.3) is 0 Å². The number of carbonyl (C=O) groups excluding carboxylic acids is 2. The summed E-state index contributed by atoms with van der Waals surface area (Å²) >= 11 is 3.34. The third kappa shape index (κ3) is 3.50. The molecule has 0 aromatic heterocycles. The van der Waals surface area contributed by atoms with E-state index in [4.69, 9.17) is 4.74 Å². The summed E-state index contributed by atoms with van der Waals surface area (Å²) in [5, 5.41) is 9.90. The monoisotopic (exact) mass is 422 g/mol. The smallest absolute Gasteiger partial charge is 0.462 e. The standard InChI is InChI=1S/C19H20BrNO5/c1-19(2,3)21(18(24)25)11-13(10-15(21)17(23)26-4)16(22)9-12-5-7-14(20)8-6-12/h5-8,10-11H,9H2,1-4H3/p+1. The Morgan fingerprint density at radius 2 is 1.73 bits per heavy atom. The van der Waals surface area contributed by atoms with E-state index in [9.17, 15) is 19.5 Å². The van der Waals surface area contributed by atoms with Crippen molar-refractivity contribution in [3.05, 3.63) is 57.8 Å². The molecule has 0 radical (unpaired) electrons. The molecule has 1 aromatic carbocycles. The molecule has 1 amide bonds. The normalized spacial score (nSPS) is 19.6. The van der Waals surface area contributed by atoms with Gasteiger partial charge in [-0.2, -0.15) is 9.28 Å². The first-order valence-corrected chi connectivity index (χ1v) is 8.75. The summed E-state index contributed by atoms with van der Waals surface area (Å²) < 4.78 is 4.87. The van der Waals surface area contributed by atoms with E-state index in [2.05, 4.69) is 15.9 Å². The largest absolute Gasteiger partial charge is 0.524 e. The van der Waals surface area contributed by atoms with E-state index >= 15 is 0 Å². The van der Waals surface area contributed by atoms with Crippen molar-refractivity contribution in [3.8, 4) is 0 Å². The van der Waals surface area contributed by atoms with Gasteiger partial charge in [-0.3, -0.25) is 4.79 Å². The second-order valence-electron chi connectivity index (χ2n) is 7.01. The first-order valence-electron chi connectivity index (χ1n) is 7.96. The van der Waals surface area contributed by atoms with Gasteiger partial charge in [0.15, 0.2) is 5.78 Å². The van der Waals surface area contributed by atoms with Gasteiger partial charge < -0.3 is 9.84 Å². The molecule has 7 heteroatoms. The van der Waals surface area contributed by atoms with Crippen LogP contribution in [0, 0.1) is 0 Å².